The van der Waals surface area contributed by atoms with Crippen molar-refractivity contribution in [1.29, 1.82) is 0 Å². The first kappa shape index (κ1) is 35.4. The Hall–Kier alpha value is -0.0475. The number of rotatable bonds is 2. The van der Waals surface area contributed by atoms with E-state index < -0.39 is 21.7 Å². The summed E-state index contributed by atoms with van der Waals surface area (Å²) >= 11 is 0. The second-order valence-corrected chi connectivity index (χ2v) is 10.7. The predicted molar refractivity (Wildman–Crippen MR) is 116 cm³/mol. The molecule has 0 bridgehead atoms. The summed E-state index contributed by atoms with van der Waals surface area (Å²) in [6, 6.07) is 0. The van der Waals surface area contributed by atoms with Crippen LogP contribution in [0.2, 0.25) is 0 Å². The number of carbonyl (C=O) groups is 2. The molecule has 0 unspecified atom stereocenters. The maximum absolute atomic E-state index is 11.4. The molecular formula is C22H38Mg2O4+2. The fraction of sp³-hybridized carbons (Fsp3) is 0.727. The van der Waals surface area contributed by atoms with Crippen LogP contribution in [0.4, 0.5) is 0 Å². The maximum atomic E-state index is 11.4. The molecule has 4 nitrogen and oxygen atoms in total. The molecule has 28 heavy (non-hydrogen) atoms. The van der Waals surface area contributed by atoms with Crippen LogP contribution in [-0.4, -0.2) is 57.7 Å². The van der Waals surface area contributed by atoms with Crippen molar-refractivity contribution in [3.8, 4) is 0 Å². The molecule has 0 aliphatic heterocycles. The molecule has 0 heterocycles. The van der Waals surface area contributed by atoms with Gasteiger partial charge in [0.25, 0.3) is 0 Å². The number of hydrogen-bond acceptors (Lipinski definition) is 4. The van der Waals surface area contributed by atoms with Gasteiger partial charge in [0.05, 0.1) is 0 Å². The topological polar surface area (TPSA) is 80.3 Å². The van der Waals surface area contributed by atoms with Crippen molar-refractivity contribution in [1.82, 2.24) is 0 Å². The van der Waals surface area contributed by atoms with Crippen LogP contribution in [0, 0.1) is 21.7 Å². The van der Waals surface area contributed by atoms with Crippen LogP contribution in [-0.2, 0) is 9.59 Å². The molecule has 0 radical (unpaired) electrons. The van der Waals surface area contributed by atoms with E-state index in [9.17, 15) is 19.8 Å². The SMILES string of the molecule is CC(C)(C)C(=O)/C=C(\[O-])C(C)(C)C.CC(C)(C)C(=O)/C=C(\[O-])C(C)(C)C.[Mg+2].[Mg+2]. The van der Waals surface area contributed by atoms with E-state index in [4.69, 9.17) is 0 Å². The van der Waals surface area contributed by atoms with E-state index in [2.05, 4.69) is 0 Å². The molecule has 6 heteroatoms. The molecule has 0 atom stereocenters. The third-order valence-electron chi connectivity index (χ3n) is 3.48. The molecule has 0 aromatic rings. The average molecular weight is 415 g/mol. The zero-order valence-corrected chi connectivity index (χ0v) is 23.0. The van der Waals surface area contributed by atoms with Gasteiger partial charge in [0, 0.05) is 10.8 Å². The zero-order valence-electron chi connectivity index (χ0n) is 20.2. The molecule has 0 aromatic carbocycles. The van der Waals surface area contributed by atoms with Gasteiger partial charge in [-0.1, -0.05) is 83.1 Å². The first-order valence-corrected chi connectivity index (χ1v) is 8.97. The van der Waals surface area contributed by atoms with Crippen LogP contribution in [0.25, 0.3) is 0 Å². The molecule has 0 rings (SSSR count). The standard InChI is InChI=1S/2C11H20O2.2Mg/c2*1-10(2,3)8(12)7-9(13)11(4,5)6;;/h2*7,12H,1-6H3;;/q;;2*+2/p-2/b2*8-7-;;. The van der Waals surface area contributed by atoms with Gasteiger partial charge >= 0.3 is 46.1 Å². The summed E-state index contributed by atoms with van der Waals surface area (Å²) in [5.41, 5.74) is -1.83. The third kappa shape index (κ3) is 15.8. The number of allylic oxidation sites excluding steroid dienone is 4. The second kappa shape index (κ2) is 12.6. The summed E-state index contributed by atoms with van der Waals surface area (Å²) < 4.78 is 0. The fourth-order valence-electron chi connectivity index (χ4n) is 1.10. The maximum Gasteiger partial charge on any atom is 2.00 e. The smallest absolute Gasteiger partial charge is 0.875 e. The summed E-state index contributed by atoms with van der Waals surface area (Å²) in [6.07, 6.45) is 2.44. The van der Waals surface area contributed by atoms with Gasteiger partial charge in [0.2, 0.25) is 0 Å². The average Bonchev–Trinajstić information content (AvgIpc) is 2.34. The molecule has 0 aromatic heterocycles. The monoisotopic (exact) mass is 414 g/mol. The second-order valence-electron chi connectivity index (χ2n) is 10.7. The molecule has 152 valence electrons. The van der Waals surface area contributed by atoms with Gasteiger partial charge < -0.3 is 10.2 Å². The van der Waals surface area contributed by atoms with E-state index in [1.807, 2.05) is 83.1 Å². The van der Waals surface area contributed by atoms with Gasteiger partial charge in [-0.3, -0.25) is 9.59 Å². The summed E-state index contributed by atoms with van der Waals surface area (Å²) in [7, 11) is 0. The van der Waals surface area contributed by atoms with Crippen LogP contribution < -0.4 is 10.2 Å². The van der Waals surface area contributed by atoms with Crippen LogP contribution in [0.1, 0.15) is 83.1 Å². The van der Waals surface area contributed by atoms with E-state index in [0.717, 1.165) is 0 Å². The van der Waals surface area contributed by atoms with Crippen LogP contribution in [0.3, 0.4) is 0 Å². The van der Waals surface area contributed by atoms with Crippen LogP contribution in [0.15, 0.2) is 23.7 Å². The van der Waals surface area contributed by atoms with Gasteiger partial charge in [-0.25, -0.2) is 0 Å². The molecule has 0 aliphatic rings. The zero-order chi connectivity index (χ0) is 21.7. The van der Waals surface area contributed by atoms with E-state index >= 15 is 0 Å². The Morgan fingerprint density at radius 1 is 0.500 bits per heavy atom. The molecule has 0 saturated carbocycles. The first-order valence-electron chi connectivity index (χ1n) is 8.97. The van der Waals surface area contributed by atoms with Crippen molar-refractivity contribution < 1.29 is 19.8 Å². The van der Waals surface area contributed by atoms with Crippen molar-refractivity contribution in [3.63, 3.8) is 0 Å². The van der Waals surface area contributed by atoms with Crippen LogP contribution in [0.5, 0.6) is 0 Å². The predicted octanol–water partition coefficient (Wildman–Crippen LogP) is 3.02. The van der Waals surface area contributed by atoms with E-state index in [1.165, 1.54) is 12.2 Å². The first-order chi connectivity index (χ1) is 11.1. The van der Waals surface area contributed by atoms with Crippen molar-refractivity contribution in [3.05, 3.63) is 23.7 Å². The Bertz CT molecular complexity index is 509. The van der Waals surface area contributed by atoms with Gasteiger partial charge in [-0.15, -0.1) is 11.5 Å². The van der Waals surface area contributed by atoms with Gasteiger partial charge in [0.1, 0.15) is 0 Å². The Morgan fingerprint density at radius 3 is 0.786 bits per heavy atom. The summed E-state index contributed by atoms with van der Waals surface area (Å²) in [5.74, 6) is -0.417. The molecule has 0 fully saturated rings. The Labute approximate surface area is 204 Å². The number of carbonyl (C=O) groups excluding carboxylic acids is 2. The summed E-state index contributed by atoms with van der Waals surface area (Å²) in [4.78, 5) is 22.9. The normalized spacial score (nSPS) is 13.4. The van der Waals surface area contributed by atoms with E-state index in [0.29, 0.717) is 0 Å². The van der Waals surface area contributed by atoms with Gasteiger partial charge in [-0.2, -0.15) is 0 Å². The van der Waals surface area contributed by atoms with Crippen molar-refractivity contribution >= 4 is 57.7 Å². The minimum atomic E-state index is -0.457. The number of ketones is 2. The minimum Gasteiger partial charge on any atom is -0.875 e. The van der Waals surface area contributed by atoms with Crippen molar-refractivity contribution in [2.24, 2.45) is 21.7 Å². The third-order valence-corrected chi connectivity index (χ3v) is 3.48. The van der Waals surface area contributed by atoms with Gasteiger partial charge in [0.15, 0.2) is 11.6 Å². The molecule has 0 spiro atoms. The van der Waals surface area contributed by atoms with Crippen molar-refractivity contribution in [2.45, 2.75) is 83.1 Å². The van der Waals surface area contributed by atoms with Crippen molar-refractivity contribution in [2.75, 3.05) is 0 Å². The Kier molecular flexibility index (Phi) is 15.9. The molecular weight excluding hydrogens is 377 g/mol. The quantitative estimate of drug-likeness (QED) is 0.395. The largest absolute Gasteiger partial charge is 2.00 e. The number of hydrogen-bond donors (Lipinski definition) is 0. The summed E-state index contributed by atoms with van der Waals surface area (Å²) in [6.45, 7) is 21.7. The Balaban J connectivity index is -0.000000192. The van der Waals surface area contributed by atoms with E-state index in [-0.39, 0.29) is 69.2 Å². The molecule has 0 amide bonds. The minimum absolute atomic E-state index is 0. The molecule has 0 aliphatic carbocycles. The fourth-order valence-corrected chi connectivity index (χ4v) is 1.10. The van der Waals surface area contributed by atoms with Gasteiger partial charge in [-0.05, 0) is 23.0 Å². The molecule has 0 saturated heterocycles. The van der Waals surface area contributed by atoms with E-state index in [1.54, 1.807) is 0 Å². The molecule has 0 N–H and O–H groups in total. The van der Waals surface area contributed by atoms with Crippen LogP contribution >= 0.6 is 0 Å². The summed E-state index contributed by atoms with van der Waals surface area (Å²) in [5, 5.41) is 22.9. The Morgan fingerprint density at radius 2 is 0.679 bits per heavy atom.